The maximum Gasteiger partial charge on any atom is 0.326 e. The first-order valence-electron chi connectivity index (χ1n) is 21.1. The molecule has 0 saturated carbocycles. The number of carbonyl (C=O) groups excluding carboxylic acids is 8. The molecular formula is C39H68N12O11. The summed E-state index contributed by atoms with van der Waals surface area (Å²) < 4.78 is 0. The van der Waals surface area contributed by atoms with Crippen LogP contribution in [0.1, 0.15) is 98.8 Å². The van der Waals surface area contributed by atoms with E-state index in [1.54, 1.807) is 13.8 Å². The summed E-state index contributed by atoms with van der Waals surface area (Å²) in [6.07, 6.45) is 1.56. The number of nitrogens with zero attached hydrogens (tertiary/aromatic N) is 3. The molecule has 62 heavy (non-hydrogen) atoms. The molecule has 23 nitrogen and oxygen atoms in total. The number of nitrogens with one attached hydrogen (secondary N) is 5. The number of carboxylic acids is 1. The molecule has 0 aromatic heterocycles. The Balaban J connectivity index is 2.27. The topological polar surface area (TPSA) is 377 Å². The van der Waals surface area contributed by atoms with E-state index in [0.717, 1.165) is 0 Å². The van der Waals surface area contributed by atoms with Crippen LogP contribution in [-0.2, 0) is 43.2 Å². The molecule has 15 N–H and O–H groups in total. The molecule has 2 fully saturated rings. The number of hydrogen-bond acceptors (Lipinski definition) is 12. The number of rotatable bonds is 25. The van der Waals surface area contributed by atoms with Gasteiger partial charge in [-0.1, -0.05) is 27.7 Å². The third-order valence-corrected chi connectivity index (χ3v) is 10.5. The smallest absolute Gasteiger partial charge is 0.326 e. The van der Waals surface area contributed by atoms with Crippen molar-refractivity contribution in [3.8, 4) is 0 Å². The maximum absolute atomic E-state index is 14.3. The van der Waals surface area contributed by atoms with Crippen molar-refractivity contribution < 1.29 is 53.4 Å². The third-order valence-electron chi connectivity index (χ3n) is 10.5. The predicted molar refractivity (Wildman–Crippen MR) is 225 cm³/mol. The number of aliphatic hydroxyl groups is 1. The molecule has 8 atom stereocenters. The summed E-state index contributed by atoms with van der Waals surface area (Å²) in [6, 6.07) is -9.45. The van der Waals surface area contributed by atoms with Crippen LogP contribution < -0.4 is 49.5 Å². The second-order valence-corrected chi connectivity index (χ2v) is 16.7. The Labute approximate surface area is 361 Å². The van der Waals surface area contributed by atoms with Crippen LogP contribution in [0, 0.1) is 11.8 Å². The molecule has 0 radical (unpaired) electrons. The van der Waals surface area contributed by atoms with Crippen molar-refractivity contribution in [2.45, 2.75) is 147 Å². The molecule has 2 aliphatic heterocycles. The number of carboxylic acid groups (broad SMARTS) is 1. The number of carbonyl (C=O) groups is 9. The first-order valence-corrected chi connectivity index (χ1v) is 21.1. The number of guanidine groups is 1. The highest BCUT2D eigenvalue weighted by Gasteiger charge is 2.44. The zero-order chi connectivity index (χ0) is 46.8. The first-order chi connectivity index (χ1) is 29.1. The van der Waals surface area contributed by atoms with Gasteiger partial charge in [0.2, 0.25) is 47.3 Å². The van der Waals surface area contributed by atoms with Crippen LogP contribution in [0.25, 0.3) is 0 Å². The van der Waals surface area contributed by atoms with Crippen molar-refractivity contribution in [2.75, 3.05) is 26.2 Å². The van der Waals surface area contributed by atoms with Crippen LogP contribution in [0.3, 0.4) is 0 Å². The van der Waals surface area contributed by atoms with Crippen LogP contribution in [-0.4, -0.2) is 154 Å². The van der Waals surface area contributed by atoms with Crippen molar-refractivity contribution >= 4 is 59.2 Å². The lowest BCUT2D eigenvalue weighted by Crippen LogP contribution is -2.59. The molecule has 2 aliphatic rings. The average molecular weight is 881 g/mol. The normalized spacial score (nSPS) is 19.0. The Morgan fingerprint density at radius 3 is 1.79 bits per heavy atom. The van der Waals surface area contributed by atoms with Crippen molar-refractivity contribution in [3.63, 3.8) is 0 Å². The zero-order valence-corrected chi connectivity index (χ0v) is 36.4. The Morgan fingerprint density at radius 2 is 1.23 bits per heavy atom. The second kappa shape index (κ2) is 25.4. The Bertz CT molecular complexity index is 1640. The number of aliphatic hydroxyl groups excluding tert-OH is 1. The van der Waals surface area contributed by atoms with Crippen LogP contribution in [0.15, 0.2) is 4.99 Å². The fraction of sp³-hybridized carbons (Fsp3) is 0.744. The largest absolute Gasteiger partial charge is 0.480 e. The summed E-state index contributed by atoms with van der Waals surface area (Å²) in [5.74, 6) is -7.21. The summed E-state index contributed by atoms with van der Waals surface area (Å²) in [4.78, 5) is 125. The van der Waals surface area contributed by atoms with E-state index in [2.05, 4.69) is 31.6 Å². The van der Waals surface area contributed by atoms with Crippen LogP contribution >= 0.6 is 0 Å². The SMILES string of the molecule is CC(C)C[C@H](NC(=O)[C@@H]1CCCN1C(=O)[C@@H]1CCCN1C(=O)[C@H](CCCN=C(N)N)NC(=O)[C@H](C)NC(=O)[C@H](CC(C)C)NC(=O)[C@H](CCC(N)=O)NC(=O)[C@@H](N)CO)C(=O)O. The Hall–Kier alpha value is -5.58. The highest BCUT2D eigenvalue weighted by molar-refractivity contribution is 5.98. The van der Waals surface area contributed by atoms with Gasteiger partial charge in [0, 0.05) is 26.1 Å². The van der Waals surface area contributed by atoms with Crippen LogP contribution in [0.5, 0.6) is 0 Å². The summed E-state index contributed by atoms with van der Waals surface area (Å²) in [7, 11) is 0. The highest BCUT2D eigenvalue weighted by atomic mass is 16.4. The molecule has 23 heteroatoms. The van der Waals surface area contributed by atoms with Gasteiger partial charge in [-0.05, 0) is 76.5 Å². The average Bonchev–Trinajstić information content (AvgIpc) is 3.89. The fourth-order valence-corrected chi connectivity index (χ4v) is 7.27. The van der Waals surface area contributed by atoms with E-state index in [9.17, 15) is 53.4 Å². The summed E-state index contributed by atoms with van der Waals surface area (Å²) >= 11 is 0. The van der Waals surface area contributed by atoms with Crippen molar-refractivity contribution in [1.82, 2.24) is 36.4 Å². The van der Waals surface area contributed by atoms with E-state index in [1.165, 1.54) is 16.7 Å². The first kappa shape index (κ1) is 52.6. The Kier molecular flexibility index (Phi) is 21.5. The molecule has 2 rings (SSSR count). The standard InChI is InChI=1S/C39H68N12O11/c1-20(2)17-26(48-33(56)24(12-13-30(41)53)46-32(55)23(40)19-52)34(57)45-22(5)31(54)47-25(9-6-14-44-39(42)43)36(59)51-16-8-11-29(51)37(60)50-15-7-10-28(50)35(58)49-27(38(61)62)18-21(3)4/h20-29,52H,6-19,40H2,1-5H3,(H2,41,53)(H,45,57)(H,46,55)(H,47,54)(H,48,56)(H,49,58)(H,61,62)(H4,42,43,44)/t22-,23-,24-,25-,26-,27-,28-,29-/m0/s1. The maximum atomic E-state index is 14.3. The van der Waals surface area contributed by atoms with Crippen LogP contribution in [0.4, 0.5) is 0 Å². The van der Waals surface area contributed by atoms with Gasteiger partial charge in [0.25, 0.3) is 0 Å². The number of aliphatic carboxylic acids is 1. The van der Waals surface area contributed by atoms with Crippen molar-refractivity contribution in [3.05, 3.63) is 0 Å². The van der Waals surface area contributed by atoms with E-state index >= 15 is 0 Å². The van der Waals surface area contributed by atoms with Gasteiger partial charge in [-0.3, -0.25) is 43.3 Å². The van der Waals surface area contributed by atoms with Gasteiger partial charge in [0.05, 0.1) is 6.61 Å². The van der Waals surface area contributed by atoms with Gasteiger partial charge < -0.3 is 69.5 Å². The van der Waals surface area contributed by atoms with Crippen molar-refractivity contribution in [2.24, 2.45) is 39.8 Å². The molecule has 0 aliphatic carbocycles. The quantitative estimate of drug-likeness (QED) is 0.0238. The minimum atomic E-state index is -1.36. The molecule has 0 spiro atoms. The molecule has 350 valence electrons. The minimum Gasteiger partial charge on any atom is -0.480 e. The number of aliphatic imine (C=N–C) groups is 1. The third kappa shape index (κ3) is 16.7. The molecule has 0 aromatic carbocycles. The summed E-state index contributed by atoms with van der Waals surface area (Å²) in [6.45, 7) is 8.38. The molecule has 8 amide bonds. The van der Waals surface area contributed by atoms with Gasteiger partial charge in [-0.25, -0.2) is 4.79 Å². The molecule has 0 unspecified atom stereocenters. The molecule has 2 heterocycles. The fourth-order valence-electron chi connectivity index (χ4n) is 7.27. The van der Waals surface area contributed by atoms with Crippen molar-refractivity contribution in [1.29, 1.82) is 0 Å². The minimum absolute atomic E-state index is 0.0157. The van der Waals surface area contributed by atoms with E-state index in [1.807, 2.05) is 13.8 Å². The van der Waals surface area contributed by atoms with E-state index in [4.69, 9.17) is 22.9 Å². The van der Waals surface area contributed by atoms with E-state index in [-0.39, 0.29) is 82.4 Å². The highest BCUT2D eigenvalue weighted by Crippen LogP contribution is 2.26. The Morgan fingerprint density at radius 1 is 0.677 bits per heavy atom. The number of primary amides is 1. The monoisotopic (exact) mass is 881 g/mol. The number of nitrogens with two attached hydrogens (primary N) is 4. The second-order valence-electron chi connectivity index (χ2n) is 16.7. The van der Waals surface area contributed by atoms with Gasteiger partial charge in [-0.15, -0.1) is 0 Å². The number of likely N-dealkylation sites (tertiary alicyclic amines) is 2. The molecule has 0 aromatic rings. The van der Waals surface area contributed by atoms with Gasteiger partial charge in [0.15, 0.2) is 5.96 Å². The van der Waals surface area contributed by atoms with Gasteiger partial charge >= 0.3 is 5.97 Å². The summed E-state index contributed by atoms with van der Waals surface area (Å²) in [5, 5.41) is 31.7. The van der Waals surface area contributed by atoms with E-state index < -0.39 is 108 Å². The number of amides is 8. The lowest BCUT2D eigenvalue weighted by Gasteiger charge is -2.33. The predicted octanol–water partition coefficient (Wildman–Crippen LogP) is -3.77. The molecule has 2 saturated heterocycles. The van der Waals surface area contributed by atoms with Gasteiger partial charge in [0.1, 0.15) is 48.3 Å². The summed E-state index contributed by atoms with van der Waals surface area (Å²) in [5.41, 5.74) is 21.8. The van der Waals surface area contributed by atoms with E-state index in [0.29, 0.717) is 19.3 Å². The van der Waals surface area contributed by atoms with Crippen LogP contribution in [0.2, 0.25) is 0 Å². The number of hydrogen-bond donors (Lipinski definition) is 11. The lowest BCUT2D eigenvalue weighted by molar-refractivity contribution is -0.149. The zero-order valence-electron chi connectivity index (χ0n) is 36.4. The van der Waals surface area contributed by atoms with Gasteiger partial charge in [-0.2, -0.15) is 0 Å². The molecule has 0 bridgehead atoms. The lowest BCUT2D eigenvalue weighted by atomic mass is 10.0. The molecular weight excluding hydrogens is 813 g/mol.